The van der Waals surface area contributed by atoms with Crippen molar-refractivity contribution in [2.24, 2.45) is 0 Å². The predicted octanol–water partition coefficient (Wildman–Crippen LogP) is 6.76. The van der Waals surface area contributed by atoms with E-state index < -0.39 is 30.0 Å². The zero-order chi connectivity index (χ0) is 24.3. The number of ether oxygens (including phenoxy) is 1. The second-order valence-electron chi connectivity index (χ2n) is 8.18. The van der Waals surface area contributed by atoms with Gasteiger partial charge in [-0.05, 0) is 36.6 Å². The second-order valence-corrected chi connectivity index (χ2v) is 11.0. The van der Waals surface area contributed by atoms with Gasteiger partial charge < -0.3 is 17.0 Å². The van der Waals surface area contributed by atoms with E-state index in [-0.39, 0.29) is 23.8 Å². The molecule has 0 atom stereocenters. The molecule has 0 spiro atoms. The Bertz CT molecular complexity index is 1100. The van der Waals surface area contributed by atoms with Crippen molar-refractivity contribution in [3.63, 3.8) is 0 Å². The molecule has 0 aliphatic rings. The fourth-order valence-electron chi connectivity index (χ4n) is 3.74. The van der Waals surface area contributed by atoms with Crippen LogP contribution < -0.4 is 17.0 Å². The Balaban J connectivity index is 0.00000578. The van der Waals surface area contributed by atoms with Gasteiger partial charge in [-0.25, -0.2) is 0 Å². The lowest BCUT2D eigenvalue weighted by molar-refractivity contribution is 0.429. The third-order valence-corrected chi connectivity index (χ3v) is 7.25. The van der Waals surface area contributed by atoms with Crippen molar-refractivity contribution in [3.8, 4) is 11.5 Å². The van der Waals surface area contributed by atoms with E-state index in [1.54, 1.807) is 6.07 Å². The summed E-state index contributed by atoms with van der Waals surface area (Å²) in [6, 6.07) is 9.78. The molecule has 2 aromatic carbocycles. The van der Waals surface area contributed by atoms with Crippen LogP contribution in [0.3, 0.4) is 0 Å². The van der Waals surface area contributed by atoms with Crippen LogP contribution in [0.4, 0.5) is 0 Å². The minimum Gasteiger partial charge on any atom is -0.454 e. The molecule has 8 N–H and O–H groups in total. The highest BCUT2D eigenvalue weighted by molar-refractivity contribution is 7.86. The van der Waals surface area contributed by atoms with Crippen molar-refractivity contribution in [1.29, 1.82) is 0 Å². The van der Waals surface area contributed by atoms with Gasteiger partial charge in [-0.1, -0.05) is 89.0 Å². The number of unbranched alkanes of at least 4 members (excludes halogenated alkanes) is 9. The maximum atomic E-state index is 11.9. The van der Waals surface area contributed by atoms with Crippen LogP contribution in [-0.2, 0) is 26.7 Å². The highest BCUT2D eigenvalue weighted by atomic mass is 32.2. The smallest absolute Gasteiger partial charge is 0.298 e. The predicted molar refractivity (Wildman–Crippen MR) is 138 cm³/mol. The number of para-hydroxylation sites is 2. The second kappa shape index (κ2) is 15.9. The fraction of sp³-hybridized carbons (Fsp3) is 0.500. The van der Waals surface area contributed by atoms with Crippen LogP contribution in [0.1, 0.15) is 76.7 Å². The monoisotopic (exact) mass is 532 g/mol. The molecule has 0 saturated heterocycles. The van der Waals surface area contributed by atoms with Gasteiger partial charge in [0.2, 0.25) is 0 Å². The summed E-state index contributed by atoms with van der Waals surface area (Å²) in [5, 5.41) is 0. The SMILES string of the molecule is CCCCCCCCCCCCc1cccc(S(=O)(=O)O)c1Oc1ccccc1S(=O)(=O)O.N.N. The van der Waals surface area contributed by atoms with E-state index >= 15 is 0 Å². The minimum atomic E-state index is -4.61. The van der Waals surface area contributed by atoms with Gasteiger partial charge in [-0.15, -0.1) is 0 Å². The number of hydrogen-bond donors (Lipinski definition) is 4. The Morgan fingerprint density at radius 1 is 0.657 bits per heavy atom. The first-order valence-corrected chi connectivity index (χ1v) is 14.4. The molecule has 0 bridgehead atoms. The molecule has 2 aromatic rings. The van der Waals surface area contributed by atoms with Crippen LogP contribution in [-0.4, -0.2) is 25.9 Å². The van der Waals surface area contributed by atoms with Crippen molar-refractivity contribution in [1.82, 2.24) is 12.3 Å². The molecular formula is C24H40N2O7S2. The molecule has 0 saturated carbocycles. The Morgan fingerprint density at radius 3 is 1.69 bits per heavy atom. The average molecular weight is 533 g/mol. The van der Waals surface area contributed by atoms with Gasteiger partial charge in [0.05, 0.1) is 0 Å². The van der Waals surface area contributed by atoms with Crippen LogP contribution >= 0.6 is 0 Å². The number of benzene rings is 2. The van der Waals surface area contributed by atoms with Crippen LogP contribution in [0, 0.1) is 0 Å². The van der Waals surface area contributed by atoms with E-state index in [0.717, 1.165) is 31.7 Å². The van der Waals surface area contributed by atoms with Crippen LogP contribution in [0.5, 0.6) is 11.5 Å². The molecule has 0 fully saturated rings. The van der Waals surface area contributed by atoms with Crippen molar-refractivity contribution in [3.05, 3.63) is 48.0 Å². The van der Waals surface area contributed by atoms with E-state index in [4.69, 9.17) is 4.74 Å². The zero-order valence-corrected chi connectivity index (χ0v) is 22.1. The highest BCUT2D eigenvalue weighted by Crippen LogP contribution is 2.36. The zero-order valence-electron chi connectivity index (χ0n) is 20.5. The molecule has 2 rings (SSSR count). The lowest BCUT2D eigenvalue weighted by Gasteiger charge is -2.16. The maximum Gasteiger partial charge on any atom is 0.298 e. The number of rotatable bonds is 15. The Kier molecular flexibility index (Phi) is 15.0. The van der Waals surface area contributed by atoms with Crippen molar-refractivity contribution in [2.45, 2.75) is 87.3 Å². The molecule has 0 amide bonds. The van der Waals surface area contributed by atoms with Gasteiger partial charge in [-0.2, -0.15) is 16.8 Å². The summed E-state index contributed by atoms with van der Waals surface area (Å²) in [6.45, 7) is 2.20. The topological polar surface area (TPSA) is 188 Å². The van der Waals surface area contributed by atoms with E-state index in [2.05, 4.69) is 6.92 Å². The molecule has 9 nitrogen and oxygen atoms in total. The van der Waals surface area contributed by atoms with Gasteiger partial charge in [0.1, 0.15) is 15.5 Å². The van der Waals surface area contributed by atoms with Crippen molar-refractivity contribution >= 4 is 20.2 Å². The molecule has 200 valence electrons. The first-order valence-electron chi connectivity index (χ1n) is 11.5. The molecular weight excluding hydrogens is 492 g/mol. The van der Waals surface area contributed by atoms with E-state index in [9.17, 15) is 25.9 Å². The molecule has 0 aromatic heterocycles. The first kappa shape index (κ1) is 33.0. The third-order valence-electron chi connectivity index (χ3n) is 5.48. The van der Waals surface area contributed by atoms with E-state index in [1.165, 1.54) is 68.9 Å². The van der Waals surface area contributed by atoms with E-state index in [0.29, 0.717) is 12.0 Å². The van der Waals surface area contributed by atoms with Gasteiger partial charge in [-0.3, -0.25) is 9.11 Å². The van der Waals surface area contributed by atoms with Crippen LogP contribution in [0.15, 0.2) is 52.3 Å². The molecule has 0 aliphatic carbocycles. The van der Waals surface area contributed by atoms with Gasteiger partial charge in [0.25, 0.3) is 20.2 Å². The Labute approximate surface area is 210 Å². The van der Waals surface area contributed by atoms with Gasteiger partial charge in [0, 0.05) is 0 Å². The largest absolute Gasteiger partial charge is 0.454 e. The molecule has 0 unspecified atom stereocenters. The molecule has 35 heavy (non-hydrogen) atoms. The maximum absolute atomic E-state index is 11.9. The summed E-state index contributed by atoms with van der Waals surface area (Å²) in [5.74, 6) is -0.354. The quantitative estimate of drug-likeness (QED) is 0.142. The fourth-order valence-corrected chi connectivity index (χ4v) is 5.01. The molecule has 0 heterocycles. The van der Waals surface area contributed by atoms with Gasteiger partial charge in [0.15, 0.2) is 5.75 Å². The van der Waals surface area contributed by atoms with Crippen LogP contribution in [0.2, 0.25) is 0 Å². The van der Waals surface area contributed by atoms with E-state index in [1.807, 2.05) is 0 Å². The molecule has 0 aliphatic heterocycles. The minimum absolute atomic E-state index is 0. The Hall–Kier alpha value is -2.02. The summed E-state index contributed by atoms with van der Waals surface area (Å²) in [7, 11) is -9.20. The molecule has 11 heteroatoms. The summed E-state index contributed by atoms with van der Waals surface area (Å²) in [6.07, 6.45) is 12.1. The van der Waals surface area contributed by atoms with Crippen molar-refractivity contribution in [2.75, 3.05) is 0 Å². The molecule has 0 radical (unpaired) electrons. The Morgan fingerprint density at radius 2 is 1.14 bits per heavy atom. The number of aryl methyl sites for hydroxylation is 1. The third kappa shape index (κ3) is 11.1. The summed E-state index contributed by atoms with van der Waals surface area (Å²) in [5.41, 5.74) is 0.537. The van der Waals surface area contributed by atoms with Crippen molar-refractivity contribution < 1.29 is 30.7 Å². The highest BCUT2D eigenvalue weighted by Gasteiger charge is 2.23. The lowest BCUT2D eigenvalue weighted by Crippen LogP contribution is -2.06. The van der Waals surface area contributed by atoms with Crippen LogP contribution in [0.25, 0.3) is 0 Å². The van der Waals surface area contributed by atoms with Gasteiger partial charge >= 0.3 is 0 Å². The number of hydrogen-bond acceptors (Lipinski definition) is 7. The summed E-state index contributed by atoms with van der Waals surface area (Å²) < 4.78 is 72.1. The first-order chi connectivity index (χ1) is 15.6. The summed E-state index contributed by atoms with van der Waals surface area (Å²) >= 11 is 0. The summed E-state index contributed by atoms with van der Waals surface area (Å²) in [4.78, 5) is -0.933. The average Bonchev–Trinajstić information content (AvgIpc) is 2.75. The normalized spacial score (nSPS) is 11.4. The standard InChI is InChI=1S/C24H34O7S2.2H3N/c1-2-3-4-5-6-7-8-9-10-11-15-20-16-14-19-23(33(28,29)30)24(20)31-21-17-12-13-18-22(21)32(25,26)27;;/h12-14,16-19H,2-11,15H2,1H3,(H,25,26,27)(H,28,29,30);2*1H3. The lowest BCUT2D eigenvalue weighted by atomic mass is 10.0.